The van der Waals surface area contributed by atoms with Crippen LogP contribution >= 0.6 is 11.6 Å². The molecule has 8 heteroatoms. The zero-order valence-corrected chi connectivity index (χ0v) is 16.0. The monoisotopic (exact) mass is 417 g/mol. The van der Waals surface area contributed by atoms with E-state index in [1.807, 2.05) is 0 Å². The highest BCUT2D eigenvalue weighted by atomic mass is 35.5. The molecule has 3 aromatic rings. The minimum Gasteiger partial charge on any atom is -0.858 e. The molecule has 0 atom stereocenters. The summed E-state index contributed by atoms with van der Waals surface area (Å²) < 4.78 is 40.4. The highest BCUT2D eigenvalue weighted by Crippen LogP contribution is 2.21. The average molecular weight is 418 g/mol. The molecule has 0 heterocycles. The van der Waals surface area contributed by atoms with Crippen molar-refractivity contribution < 1.29 is 17.9 Å². The Morgan fingerprint density at radius 1 is 1.00 bits per heavy atom. The standard InChI is InChI=1S/C20H16ClFN2O3S/c21-18-7-3-1-5-14(18)13-23-20(25)17-6-2-4-8-19(17)24-28(26,27)16-11-9-15(22)10-12-16/h1-12,24H,13H2,(H,23,25)/p-1. The van der Waals surface area contributed by atoms with E-state index in [-0.39, 0.29) is 22.7 Å². The lowest BCUT2D eigenvalue weighted by molar-refractivity contribution is -0.213. The molecule has 0 aliphatic heterocycles. The molecule has 0 unspecified atom stereocenters. The normalized spacial score (nSPS) is 12.0. The predicted octanol–water partition coefficient (Wildman–Crippen LogP) is 3.59. The predicted molar refractivity (Wildman–Crippen MR) is 105 cm³/mol. The molecule has 3 rings (SSSR count). The summed E-state index contributed by atoms with van der Waals surface area (Å²) in [5.74, 6) is -1.13. The zero-order valence-electron chi connectivity index (χ0n) is 14.5. The van der Waals surface area contributed by atoms with Crippen molar-refractivity contribution in [2.24, 2.45) is 4.99 Å². The summed E-state index contributed by atoms with van der Waals surface area (Å²) in [7, 11) is -3.99. The number of halogens is 2. The van der Waals surface area contributed by atoms with Crippen molar-refractivity contribution in [3.05, 3.63) is 94.8 Å². The van der Waals surface area contributed by atoms with Crippen molar-refractivity contribution in [3.8, 4) is 0 Å². The summed E-state index contributed by atoms with van der Waals surface area (Å²) in [4.78, 5) is 3.87. The number of rotatable bonds is 6. The average Bonchev–Trinajstić information content (AvgIpc) is 2.67. The van der Waals surface area contributed by atoms with Crippen LogP contribution in [0.25, 0.3) is 0 Å². The molecule has 0 saturated heterocycles. The van der Waals surface area contributed by atoms with Gasteiger partial charge in [0.05, 0.1) is 17.1 Å². The van der Waals surface area contributed by atoms with Crippen LogP contribution in [-0.4, -0.2) is 14.3 Å². The number of hydrogen-bond donors (Lipinski definition) is 1. The summed E-state index contributed by atoms with van der Waals surface area (Å²) in [6, 6.07) is 17.5. The van der Waals surface area contributed by atoms with Gasteiger partial charge in [0.1, 0.15) is 5.82 Å². The number of hydrogen-bond acceptors (Lipinski definition) is 4. The van der Waals surface area contributed by atoms with Crippen LogP contribution in [0.3, 0.4) is 0 Å². The maximum absolute atomic E-state index is 13.0. The quantitative estimate of drug-likeness (QED) is 0.491. The van der Waals surface area contributed by atoms with E-state index in [0.29, 0.717) is 10.6 Å². The molecule has 0 amide bonds. The van der Waals surface area contributed by atoms with Crippen LogP contribution in [-0.2, 0) is 16.6 Å². The van der Waals surface area contributed by atoms with Crippen LogP contribution in [0.4, 0.5) is 10.1 Å². The Morgan fingerprint density at radius 2 is 1.64 bits per heavy atom. The molecule has 5 nitrogen and oxygen atoms in total. The minimum atomic E-state index is -3.99. The molecule has 28 heavy (non-hydrogen) atoms. The molecule has 3 aromatic carbocycles. The first kappa shape index (κ1) is 19.9. The SMILES string of the molecule is O=S(=O)(Nc1ccccc1C([O-])=NCc1ccccc1Cl)c1ccc(F)cc1. The van der Waals surface area contributed by atoms with Crippen molar-refractivity contribution >= 4 is 33.2 Å². The van der Waals surface area contributed by atoms with Gasteiger partial charge in [0.25, 0.3) is 10.0 Å². The number of anilines is 1. The van der Waals surface area contributed by atoms with Gasteiger partial charge in [0.2, 0.25) is 0 Å². The Hall–Kier alpha value is -2.90. The van der Waals surface area contributed by atoms with Gasteiger partial charge in [-0.05, 0) is 47.9 Å². The van der Waals surface area contributed by atoms with Gasteiger partial charge in [-0.2, -0.15) is 0 Å². The van der Waals surface area contributed by atoms with Crippen LogP contribution in [0.1, 0.15) is 11.1 Å². The topological polar surface area (TPSA) is 81.6 Å². The van der Waals surface area contributed by atoms with E-state index in [0.717, 1.165) is 24.3 Å². The van der Waals surface area contributed by atoms with E-state index in [9.17, 15) is 17.9 Å². The molecule has 1 N–H and O–H groups in total. The van der Waals surface area contributed by atoms with Crippen molar-refractivity contribution in [2.45, 2.75) is 11.4 Å². The first-order chi connectivity index (χ1) is 13.4. The van der Waals surface area contributed by atoms with Crippen LogP contribution in [0, 0.1) is 5.82 Å². The lowest BCUT2D eigenvalue weighted by Crippen LogP contribution is -2.22. The van der Waals surface area contributed by atoms with E-state index in [1.54, 1.807) is 36.4 Å². The fourth-order valence-electron chi connectivity index (χ4n) is 2.44. The number of benzene rings is 3. The van der Waals surface area contributed by atoms with Crippen LogP contribution in [0.2, 0.25) is 5.02 Å². The molecule has 144 valence electrons. The molecule has 0 aromatic heterocycles. The van der Waals surface area contributed by atoms with Gasteiger partial charge >= 0.3 is 0 Å². The molecule has 0 fully saturated rings. The molecule has 0 spiro atoms. The van der Waals surface area contributed by atoms with Gasteiger partial charge in [-0.15, -0.1) is 0 Å². The number of sulfonamides is 1. The second-order valence-corrected chi connectivity index (χ2v) is 7.91. The maximum atomic E-state index is 13.0. The Bertz CT molecular complexity index is 1120. The third-order valence-electron chi connectivity index (χ3n) is 3.88. The summed E-state index contributed by atoms with van der Waals surface area (Å²) in [5.41, 5.74) is 0.863. The zero-order chi connectivity index (χ0) is 20.1. The number of nitrogens with zero attached hydrogens (tertiary/aromatic N) is 1. The fraction of sp³-hybridized carbons (Fsp3) is 0.0500. The van der Waals surface area contributed by atoms with Gasteiger partial charge in [-0.25, -0.2) is 12.8 Å². The van der Waals surface area contributed by atoms with Crippen LogP contribution in [0.5, 0.6) is 0 Å². The maximum Gasteiger partial charge on any atom is 0.261 e. The van der Waals surface area contributed by atoms with Gasteiger partial charge in [0, 0.05) is 10.6 Å². The molecule has 0 bridgehead atoms. The van der Waals surface area contributed by atoms with Crippen molar-refractivity contribution in [3.63, 3.8) is 0 Å². The van der Waals surface area contributed by atoms with E-state index in [2.05, 4.69) is 9.71 Å². The second kappa shape index (κ2) is 8.41. The number of nitrogens with one attached hydrogen (secondary N) is 1. The van der Waals surface area contributed by atoms with E-state index in [1.165, 1.54) is 12.1 Å². The molecule has 0 radical (unpaired) electrons. The molecular formula is C20H15ClFN2O3S-. The Kier molecular flexibility index (Phi) is 5.96. The van der Waals surface area contributed by atoms with Crippen molar-refractivity contribution in [2.75, 3.05) is 4.72 Å². The van der Waals surface area contributed by atoms with E-state index >= 15 is 0 Å². The highest BCUT2D eigenvalue weighted by molar-refractivity contribution is 7.92. The lowest BCUT2D eigenvalue weighted by atomic mass is 10.2. The van der Waals surface area contributed by atoms with Gasteiger partial charge in [-0.1, -0.05) is 48.0 Å². The van der Waals surface area contributed by atoms with Crippen molar-refractivity contribution in [1.29, 1.82) is 0 Å². The summed E-state index contributed by atoms with van der Waals surface area (Å²) >= 11 is 6.06. The van der Waals surface area contributed by atoms with Crippen LogP contribution < -0.4 is 9.83 Å². The third-order valence-corrected chi connectivity index (χ3v) is 5.63. The van der Waals surface area contributed by atoms with E-state index < -0.39 is 21.7 Å². The minimum absolute atomic E-state index is 0.0670. The second-order valence-electron chi connectivity index (χ2n) is 5.82. The van der Waals surface area contributed by atoms with Crippen LogP contribution in [0.15, 0.2) is 82.7 Å². The van der Waals surface area contributed by atoms with Gasteiger partial charge in [0.15, 0.2) is 0 Å². The summed E-state index contributed by atoms with van der Waals surface area (Å²) in [5, 5.41) is 13.0. The molecular weight excluding hydrogens is 403 g/mol. The summed E-state index contributed by atoms with van der Waals surface area (Å²) in [6.45, 7) is 0.0670. The Labute approximate surface area is 167 Å². The van der Waals surface area contributed by atoms with Gasteiger partial charge in [-0.3, -0.25) is 9.71 Å². The summed E-state index contributed by atoms with van der Waals surface area (Å²) in [6.07, 6.45) is 0. The fourth-order valence-corrected chi connectivity index (χ4v) is 3.72. The third kappa shape index (κ3) is 4.68. The van der Waals surface area contributed by atoms with Gasteiger partial charge < -0.3 is 5.11 Å². The van der Waals surface area contributed by atoms with E-state index in [4.69, 9.17) is 11.6 Å². The lowest BCUT2D eigenvalue weighted by Gasteiger charge is -2.17. The Morgan fingerprint density at radius 3 is 2.36 bits per heavy atom. The number of para-hydroxylation sites is 1. The largest absolute Gasteiger partial charge is 0.858 e. The molecule has 0 aliphatic rings. The molecule has 0 aliphatic carbocycles. The smallest absolute Gasteiger partial charge is 0.261 e. The first-order valence-corrected chi connectivity index (χ1v) is 10.1. The number of aliphatic imine (C=N–C) groups is 1. The first-order valence-electron chi connectivity index (χ1n) is 8.19. The molecule has 0 saturated carbocycles. The highest BCUT2D eigenvalue weighted by Gasteiger charge is 2.16. The van der Waals surface area contributed by atoms with Crippen molar-refractivity contribution in [1.82, 2.24) is 0 Å². The Balaban J connectivity index is 1.87.